The number of rotatable bonds is 2. The second-order valence-electron chi connectivity index (χ2n) is 4.94. The van der Waals surface area contributed by atoms with Gasteiger partial charge in [0.25, 0.3) is 11.8 Å². The number of nitrogens with two attached hydrogens (primary N) is 1. The van der Waals surface area contributed by atoms with Crippen molar-refractivity contribution >= 4 is 58.2 Å². The molecule has 0 unspecified atom stereocenters. The minimum Gasteiger partial charge on any atom is -0.398 e. The molecule has 2 aromatic rings. The number of nitrogens with one attached hydrogen (secondary N) is 1. The van der Waals surface area contributed by atoms with Gasteiger partial charge in [-0.2, -0.15) is 0 Å². The second-order valence-corrected chi connectivity index (χ2v) is 5.76. The van der Waals surface area contributed by atoms with E-state index in [4.69, 9.17) is 29.6 Å². The van der Waals surface area contributed by atoms with Gasteiger partial charge >= 0.3 is 0 Å². The highest BCUT2D eigenvalue weighted by Gasteiger charge is 2.34. The molecule has 3 N–H and O–H groups in total. The average molecular weight is 359 g/mol. The molecule has 1 aliphatic rings. The predicted octanol–water partition coefficient (Wildman–Crippen LogP) is 2.15. The van der Waals surface area contributed by atoms with Gasteiger partial charge in [-0.1, -0.05) is 11.6 Å². The number of hydrogen-bond acceptors (Lipinski definition) is 5. The molecule has 24 heavy (non-hydrogen) atoms. The monoisotopic (exact) mass is 358 g/mol. The number of carbonyl (C=O) groups is 2. The van der Waals surface area contributed by atoms with Crippen LogP contribution >= 0.6 is 23.8 Å². The molecule has 2 amide bonds. The van der Waals surface area contributed by atoms with Crippen molar-refractivity contribution in [2.75, 3.05) is 10.6 Å². The first kappa shape index (κ1) is 16.1. The van der Waals surface area contributed by atoms with Crippen molar-refractivity contribution in [1.82, 2.24) is 10.3 Å². The zero-order chi connectivity index (χ0) is 17.3. The largest absolute Gasteiger partial charge is 0.398 e. The number of benzene rings is 1. The first-order valence-electron chi connectivity index (χ1n) is 6.84. The Labute approximate surface area is 147 Å². The van der Waals surface area contributed by atoms with E-state index in [-0.39, 0.29) is 10.7 Å². The standard InChI is InChI=1S/C16H11ClN4O2S/c17-10-1-3-11(4-2-10)21-15(23)12(14(22)20-16(21)24)7-9-8-19-6-5-13(9)18/h1-8H,(H2,18,19)(H,20,22,24)/b12-7-. The maximum absolute atomic E-state index is 12.8. The van der Waals surface area contributed by atoms with Gasteiger partial charge in [0, 0.05) is 28.7 Å². The number of amides is 2. The van der Waals surface area contributed by atoms with E-state index in [9.17, 15) is 9.59 Å². The van der Waals surface area contributed by atoms with Crippen molar-refractivity contribution in [3.8, 4) is 0 Å². The third-order valence-corrected chi connectivity index (χ3v) is 3.91. The summed E-state index contributed by atoms with van der Waals surface area (Å²) < 4.78 is 0. The van der Waals surface area contributed by atoms with E-state index in [1.165, 1.54) is 23.4 Å². The zero-order valence-electron chi connectivity index (χ0n) is 12.2. The number of anilines is 2. The summed E-state index contributed by atoms with van der Waals surface area (Å²) in [6, 6.07) is 8.12. The van der Waals surface area contributed by atoms with E-state index >= 15 is 0 Å². The molecule has 1 aromatic heterocycles. The van der Waals surface area contributed by atoms with E-state index in [1.807, 2.05) is 0 Å². The normalized spacial score (nSPS) is 16.5. The molecular formula is C16H11ClN4O2S. The molecular weight excluding hydrogens is 348 g/mol. The van der Waals surface area contributed by atoms with Crippen LogP contribution in [0, 0.1) is 0 Å². The van der Waals surface area contributed by atoms with Crippen LogP contribution in [0.1, 0.15) is 5.56 Å². The first-order chi connectivity index (χ1) is 11.5. The molecule has 1 saturated heterocycles. The third kappa shape index (κ3) is 2.99. The second kappa shape index (κ2) is 6.38. The minimum atomic E-state index is -0.585. The van der Waals surface area contributed by atoms with Crippen molar-refractivity contribution in [3.63, 3.8) is 0 Å². The minimum absolute atomic E-state index is 0.00336. The molecule has 3 rings (SSSR count). The summed E-state index contributed by atoms with van der Waals surface area (Å²) in [4.78, 5) is 30.1. The van der Waals surface area contributed by atoms with Gasteiger partial charge < -0.3 is 5.73 Å². The lowest BCUT2D eigenvalue weighted by molar-refractivity contribution is -0.122. The molecule has 0 bridgehead atoms. The molecule has 1 aliphatic heterocycles. The Balaban J connectivity index is 2.03. The number of carbonyl (C=O) groups excluding carboxylic acids is 2. The van der Waals surface area contributed by atoms with E-state index in [0.29, 0.717) is 22.0 Å². The number of nitrogen functional groups attached to an aromatic ring is 1. The fourth-order valence-electron chi connectivity index (χ4n) is 2.18. The molecule has 1 aromatic carbocycles. The summed E-state index contributed by atoms with van der Waals surface area (Å²) in [5.41, 5.74) is 7.13. The zero-order valence-corrected chi connectivity index (χ0v) is 13.8. The molecule has 6 nitrogen and oxygen atoms in total. The summed E-state index contributed by atoms with van der Waals surface area (Å²) in [5, 5.41) is 3.03. The van der Waals surface area contributed by atoms with Crippen molar-refractivity contribution in [2.45, 2.75) is 0 Å². The van der Waals surface area contributed by atoms with Crippen LogP contribution in [0.25, 0.3) is 6.08 Å². The highest BCUT2D eigenvalue weighted by atomic mass is 35.5. The van der Waals surface area contributed by atoms with E-state index in [0.717, 1.165) is 0 Å². The van der Waals surface area contributed by atoms with Crippen molar-refractivity contribution in [1.29, 1.82) is 0 Å². The highest BCUT2D eigenvalue weighted by Crippen LogP contribution is 2.24. The topological polar surface area (TPSA) is 88.3 Å². The van der Waals surface area contributed by atoms with Gasteiger partial charge in [0.2, 0.25) is 0 Å². The lowest BCUT2D eigenvalue weighted by atomic mass is 10.1. The Hall–Kier alpha value is -2.77. The van der Waals surface area contributed by atoms with Crippen LogP contribution in [0.15, 0.2) is 48.3 Å². The number of hydrogen-bond donors (Lipinski definition) is 2. The average Bonchev–Trinajstić information content (AvgIpc) is 2.54. The Kier molecular flexibility index (Phi) is 4.28. The van der Waals surface area contributed by atoms with Crippen LogP contribution in [0.4, 0.5) is 11.4 Å². The van der Waals surface area contributed by atoms with Crippen molar-refractivity contribution < 1.29 is 9.59 Å². The van der Waals surface area contributed by atoms with Gasteiger partial charge in [0.15, 0.2) is 5.11 Å². The van der Waals surface area contributed by atoms with Crippen LogP contribution in [-0.4, -0.2) is 21.9 Å². The number of aromatic nitrogens is 1. The van der Waals surface area contributed by atoms with E-state index < -0.39 is 11.8 Å². The smallest absolute Gasteiger partial charge is 0.270 e. The van der Waals surface area contributed by atoms with Gasteiger partial charge in [-0.3, -0.25) is 24.8 Å². The maximum Gasteiger partial charge on any atom is 0.270 e. The molecule has 1 fully saturated rings. The summed E-state index contributed by atoms with van der Waals surface area (Å²) in [7, 11) is 0. The first-order valence-corrected chi connectivity index (χ1v) is 7.62. The van der Waals surface area contributed by atoms with Gasteiger partial charge in [0.1, 0.15) is 5.57 Å². The molecule has 8 heteroatoms. The number of nitrogens with zero attached hydrogens (tertiary/aromatic N) is 2. The quantitative estimate of drug-likeness (QED) is 0.488. The van der Waals surface area contributed by atoms with Gasteiger partial charge in [-0.15, -0.1) is 0 Å². The SMILES string of the molecule is Nc1ccncc1/C=C1/C(=O)NC(=S)N(c2ccc(Cl)cc2)C1=O. The van der Waals surface area contributed by atoms with Crippen LogP contribution in [0.5, 0.6) is 0 Å². The van der Waals surface area contributed by atoms with Gasteiger partial charge in [0.05, 0.1) is 5.69 Å². The summed E-state index contributed by atoms with van der Waals surface area (Å²) in [5.74, 6) is -1.13. The fraction of sp³-hybridized carbons (Fsp3) is 0. The number of pyridine rings is 1. The van der Waals surface area contributed by atoms with E-state index in [1.54, 1.807) is 30.3 Å². The maximum atomic E-state index is 12.8. The summed E-state index contributed by atoms with van der Waals surface area (Å²) >= 11 is 11.0. The highest BCUT2D eigenvalue weighted by molar-refractivity contribution is 7.80. The third-order valence-electron chi connectivity index (χ3n) is 3.37. The predicted molar refractivity (Wildman–Crippen MR) is 96.3 cm³/mol. The molecule has 0 aliphatic carbocycles. The molecule has 0 atom stereocenters. The summed E-state index contributed by atoms with van der Waals surface area (Å²) in [6.45, 7) is 0. The molecule has 0 spiro atoms. The Morgan fingerprint density at radius 2 is 1.92 bits per heavy atom. The fourth-order valence-corrected chi connectivity index (χ4v) is 2.58. The lowest BCUT2D eigenvalue weighted by Gasteiger charge is -2.29. The molecule has 120 valence electrons. The molecule has 0 saturated carbocycles. The van der Waals surface area contributed by atoms with Gasteiger partial charge in [-0.25, -0.2) is 0 Å². The number of thiocarbonyl (C=S) groups is 1. The summed E-state index contributed by atoms with van der Waals surface area (Å²) in [6.07, 6.45) is 4.39. The van der Waals surface area contributed by atoms with Crippen LogP contribution in [-0.2, 0) is 9.59 Å². The Bertz CT molecular complexity index is 880. The van der Waals surface area contributed by atoms with Crippen molar-refractivity contribution in [3.05, 3.63) is 58.9 Å². The van der Waals surface area contributed by atoms with Crippen LogP contribution < -0.4 is 16.0 Å². The van der Waals surface area contributed by atoms with E-state index in [2.05, 4.69) is 10.3 Å². The molecule has 2 heterocycles. The molecule has 0 radical (unpaired) electrons. The van der Waals surface area contributed by atoms with Crippen LogP contribution in [0.2, 0.25) is 5.02 Å². The van der Waals surface area contributed by atoms with Crippen LogP contribution in [0.3, 0.4) is 0 Å². The Morgan fingerprint density at radius 3 is 2.58 bits per heavy atom. The lowest BCUT2D eigenvalue weighted by Crippen LogP contribution is -2.54. The Morgan fingerprint density at radius 1 is 1.21 bits per heavy atom. The van der Waals surface area contributed by atoms with Crippen molar-refractivity contribution in [2.24, 2.45) is 0 Å². The number of halogens is 1. The van der Waals surface area contributed by atoms with Gasteiger partial charge in [-0.05, 0) is 48.6 Å².